The third kappa shape index (κ3) is 2.87. The molecular weight excluding hydrogens is 210 g/mol. The van der Waals surface area contributed by atoms with Crippen LogP contribution in [0.5, 0.6) is 0 Å². The lowest BCUT2D eigenvalue weighted by Crippen LogP contribution is -2.27. The Morgan fingerprint density at radius 1 is 1.24 bits per heavy atom. The van der Waals surface area contributed by atoms with Crippen molar-refractivity contribution < 1.29 is 4.79 Å². The van der Waals surface area contributed by atoms with E-state index in [2.05, 4.69) is 32.9 Å². The lowest BCUT2D eigenvalue weighted by Gasteiger charge is -2.26. The van der Waals surface area contributed by atoms with Crippen LogP contribution in [0.1, 0.15) is 32.8 Å². The van der Waals surface area contributed by atoms with E-state index in [4.69, 9.17) is 0 Å². The number of hydrogen-bond acceptors (Lipinski definition) is 1. The van der Waals surface area contributed by atoms with Gasteiger partial charge in [0.25, 0.3) is 0 Å². The number of rotatable bonds is 2. The minimum absolute atomic E-state index is 0.223. The standard InChI is InChI=1S/C15H21NO/c1-15(2,3)13-9-14(17)16(11-13)10-12-7-5-4-6-8-12/h4-8,13H,9-11H2,1-3H3. The molecule has 1 atom stereocenters. The van der Waals surface area contributed by atoms with Crippen LogP contribution in [-0.2, 0) is 11.3 Å². The molecular formula is C15H21NO. The van der Waals surface area contributed by atoms with Crippen molar-refractivity contribution in [2.24, 2.45) is 11.3 Å². The molecule has 0 aliphatic carbocycles. The number of benzene rings is 1. The fourth-order valence-corrected chi connectivity index (χ4v) is 2.31. The highest BCUT2D eigenvalue weighted by Gasteiger charge is 2.36. The molecule has 1 aliphatic heterocycles. The second-order valence-electron chi connectivity index (χ2n) is 6.03. The Kier molecular flexibility index (Phi) is 3.23. The van der Waals surface area contributed by atoms with E-state index in [9.17, 15) is 4.79 Å². The fourth-order valence-electron chi connectivity index (χ4n) is 2.31. The maximum atomic E-state index is 12.0. The molecule has 0 saturated carbocycles. The van der Waals surface area contributed by atoms with Crippen LogP contribution in [0.4, 0.5) is 0 Å². The van der Waals surface area contributed by atoms with E-state index >= 15 is 0 Å². The van der Waals surface area contributed by atoms with E-state index in [1.54, 1.807) is 0 Å². The van der Waals surface area contributed by atoms with Crippen molar-refractivity contribution in [3.8, 4) is 0 Å². The summed E-state index contributed by atoms with van der Waals surface area (Å²) in [7, 11) is 0. The van der Waals surface area contributed by atoms with Gasteiger partial charge in [-0.2, -0.15) is 0 Å². The molecule has 1 aliphatic rings. The predicted molar refractivity (Wildman–Crippen MR) is 69.4 cm³/mol. The van der Waals surface area contributed by atoms with Crippen molar-refractivity contribution in [3.63, 3.8) is 0 Å². The zero-order chi connectivity index (χ0) is 12.5. The monoisotopic (exact) mass is 231 g/mol. The first-order chi connectivity index (χ1) is 7.97. The summed E-state index contributed by atoms with van der Waals surface area (Å²) in [5, 5.41) is 0. The summed E-state index contributed by atoms with van der Waals surface area (Å²) in [6, 6.07) is 10.2. The van der Waals surface area contributed by atoms with E-state index < -0.39 is 0 Å². The highest BCUT2D eigenvalue weighted by atomic mass is 16.2. The van der Waals surface area contributed by atoms with Gasteiger partial charge >= 0.3 is 0 Å². The van der Waals surface area contributed by atoms with Gasteiger partial charge < -0.3 is 4.90 Å². The smallest absolute Gasteiger partial charge is 0.223 e. The van der Waals surface area contributed by atoms with Crippen molar-refractivity contribution in [1.29, 1.82) is 0 Å². The van der Waals surface area contributed by atoms with Gasteiger partial charge in [-0.15, -0.1) is 0 Å². The van der Waals surface area contributed by atoms with E-state index in [1.807, 2.05) is 23.1 Å². The van der Waals surface area contributed by atoms with Crippen LogP contribution in [0.3, 0.4) is 0 Å². The molecule has 1 fully saturated rings. The maximum absolute atomic E-state index is 12.0. The minimum Gasteiger partial charge on any atom is -0.338 e. The molecule has 0 N–H and O–H groups in total. The van der Waals surface area contributed by atoms with Crippen LogP contribution < -0.4 is 0 Å². The Bertz CT molecular complexity index is 391. The molecule has 2 heteroatoms. The van der Waals surface area contributed by atoms with Crippen LogP contribution >= 0.6 is 0 Å². The number of hydrogen-bond donors (Lipinski definition) is 0. The van der Waals surface area contributed by atoms with Crippen molar-refractivity contribution in [2.45, 2.75) is 33.7 Å². The molecule has 1 unspecified atom stereocenters. The molecule has 1 amide bonds. The third-order valence-corrected chi connectivity index (χ3v) is 3.66. The van der Waals surface area contributed by atoms with Gasteiger partial charge in [0.15, 0.2) is 0 Å². The Balaban J connectivity index is 2.02. The van der Waals surface area contributed by atoms with Gasteiger partial charge in [0.2, 0.25) is 5.91 Å². The van der Waals surface area contributed by atoms with Crippen molar-refractivity contribution in [1.82, 2.24) is 4.90 Å². The molecule has 0 radical (unpaired) electrons. The SMILES string of the molecule is CC(C)(C)C1CC(=O)N(Cc2ccccc2)C1. The van der Waals surface area contributed by atoms with Gasteiger partial charge in [0.05, 0.1) is 0 Å². The third-order valence-electron chi connectivity index (χ3n) is 3.66. The summed E-state index contributed by atoms with van der Waals surface area (Å²) in [5.41, 5.74) is 1.44. The average Bonchev–Trinajstić information content (AvgIpc) is 2.62. The largest absolute Gasteiger partial charge is 0.338 e. The maximum Gasteiger partial charge on any atom is 0.223 e. The Morgan fingerprint density at radius 3 is 2.41 bits per heavy atom. The molecule has 1 heterocycles. The zero-order valence-corrected chi connectivity index (χ0v) is 10.9. The average molecular weight is 231 g/mol. The molecule has 2 rings (SSSR count). The van der Waals surface area contributed by atoms with Gasteiger partial charge in [-0.3, -0.25) is 4.79 Å². The highest BCUT2D eigenvalue weighted by molar-refractivity contribution is 5.78. The van der Waals surface area contributed by atoms with Crippen LogP contribution in [0.2, 0.25) is 0 Å². The molecule has 0 bridgehead atoms. The van der Waals surface area contributed by atoms with Gasteiger partial charge in [0, 0.05) is 19.5 Å². The zero-order valence-electron chi connectivity index (χ0n) is 10.9. The summed E-state index contributed by atoms with van der Waals surface area (Å²) >= 11 is 0. The summed E-state index contributed by atoms with van der Waals surface area (Å²) in [5.74, 6) is 0.785. The molecule has 92 valence electrons. The second-order valence-corrected chi connectivity index (χ2v) is 6.03. The fraction of sp³-hybridized carbons (Fsp3) is 0.533. The van der Waals surface area contributed by atoms with E-state index in [-0.39, 0.29) is 5.41 Å². The first-order valence-electron chi connectivity index (χ1n) is 6.28. The van der Waals surface area contributed by atoms with Crippen LogP contribution in [0, 0.1) is 11.3 Å². The number of amides is 1. The summed E-state index contributed by atoms with van der Waals surface area (Å²) < 4.78 is 0. The van der Waals surface area contributed by atoms with Gasteiger partial charge in [-0.1, -0.05) is 51.1 Å². The van der Waals surface area contributed by atoms with E-state index in [0.29, 0.717) is 18.2 Å². The quantitative estimate of drug-likeness (QED) is 0.766. The van der Waals surface area contributed by atoms with Crippen LogP contribution in [0.25, 0.3) is 0 Å². The summed E-state index contributed by atoms with van der Waals surface area (Å²) in [6.45, 7) is 8.31. The summed E-state index contributed by atoms with van der Waals surface area (Å²) in [4.78, 5) is 14.0. The van der Waals surface area contributed by atoms with Crippen molar-refractivity contribution >= 4 is 5.91 Å². The topological polar surface area (TPSA) is 20.3 Å². The highest BCUT2D eigenvalue weighted by Crippen LogP contribution is 2.34. The molecule has 2 nitrogen and oxygen atoms in total. The number of likely N-dealkylation sites (tertiary alicyclic amines) is 1. The molecule has 1 aromatic carbocycles. The lowest BCUT2D eigenvalue weighted by molar-refractivity contribution is -0.128. The Labute approximate surface area is 104 Å². The Hall–Kier alpha value is -1.31. The second kappa shape index (κ2) is 4.52. The molecule has 0 aromatic heterocycles. The van der Waals surface area contributed by atoms with Crippen molar-refractivity contribution in [2.75, 3.05) is 6.54 Å². The number of carbonyl (C=O) groups excluding carboxylic acids is 1. The first-order valence-corrected chi connectivity index (χ1v) is 6.28. The summed E-state index contributed by atoms with van der Waals surface area (Å²) in [6.07, 6.45) is 0.705. The molecule has 1 aromatic rings. The Morgan fingerprint density at radius 2 is 1.88 bits per heavy atom. The van der Waals surface area contributed by atoms with E-state index in [0.717, 1.165) is 13.1 Å². The van der Waals surface area contributed by atoms with Crippen molar-refractivity contribution in [3.05, 3.63) is 35.9 Å². The number of nitrogens with zero attached hydrogens (tertiary/aromatic N) is 1. The normalized spacial score (nSPS) is 21.0. The van der Waals surface area contributed by atoms with Gasteiger partial charge in [0.1, 0.15) is 0 Å². The van der Waals surface area contributed by atoms with E-state index in [1.165, 1.54) is 5.56 Å². The number of carbonyl (C=O) groups is 1. The van der Waals surface area contributed by atoms with Gasteiger partial charge in [-0.25, -0.2) is 0 Å². The minimum atomic E-state index is 0.223. The predicted octanol–water partition coefficient (Wildman–Crippen LogP) is 3.08. The molecule has 17 heavy (non-hydrogen) atoms. The van der Waals surface area contributed by atoms with Crippen LogP contribution in [0.15, 0.2) is 30.3 Å². The molecule has 0 spiro atoms. The lowest BCUT2D eigenvalue weighted by atomic mass is 9.80. The molecule has 1 saturated heterocycles. The van der Waals surface area contributed by atoms with Gasteiger partial charge in [-0.05, 0) is 16.9 Å². The van der Waals surface area contributed by atoms with Crippen LogP contribution in [-0.4, -0.2) is 17.4 Å². The first kappa shape index (κ1) is 12.2.